The van der Waals surface area contributed by atoms with Gasteiger partial charge in [-0.1, -0.05) is 12.1 Å². The van der Waals surface area contributed by atoms with E-state index in [2.05, 4.69) is 15.3 Å². The maximum atomic E-state index is 13.4. The lowest BCUT2D eigenvalue weighted by Gasteiger charge is -1.98. The highest BCUT2D eigenvalue weighted by atomic mass is 32.2. The second-order valence-corrected chi connectivity index (χ2v) is 5.69. The Hall–Kier alpha value is -2.49. The van der Waals surface area contributed by atoms with Crippen molar-refractivity contribution in [2.24, 2.45) is 10.2 Å². The van der Waals surface area contributed by atoms with E-state index >= 15 is 0 Å². The highest BCUT2D eigenvalue weighted by molar-refractivity contribution is 7.89. The van der Waals surface area contributed by atoms with Gasteiger partial charge in [-0.2, -0.15) is 0 Å². The van der Waals surface area contributed by atoms with E-state index in [1.165, 1.54) is 18.2 Å². The van der Waals surface area contributed by atoms with Crippen LogP contribution in [-0.2, 0) is 10.0 Å². The molecule has 0 radical (unpaired) electrons. The minimum absolute atomic E-state index is 0.0293. The van der Waals surface area contributed by atoms with Crippen molar-refractivity contribution in [3.63, 3.8) is 0 Å². The summed E-state index contributed by atoms with van der Waals surface area (Å²) in [5.41, 5.74) is 10.9. The third-order valence-electron chi connectivity index (χ3n) is 2.31. The molecule has 0 fully saturated rings. The predicted molar refractivity (Wildman–Crippen MR) is 71.9 cm³/mol. The van der Waals surface area contributed by atoms with Crippen LogP contribution in [0.4, 0.5) is 27.4 Å². The van der Waals surface area contributed by atoms with Crippen LogP contribution in [0.15, 0.2) is 34.5 Å². The third kappa shape index (κ3) is 2.59. The van der Waals surface area contributed by atoms with E-state index < -0.39 is 15.8 Å². The van der Waals surface area contributed by atoms with Gasteiger partial charge in [-0.15, -0.1) is 19.4 Å². The number of nitrogen functional groups attached to an aromatic ring is 2. The van der Waals surface area contributed by atoms with E-state index in [9.17, 15) is 12.8 Å². The first kappa shape index (κ1) is 13.9. The predicted octanol–water partition coefficient (Wildman–Crippen LogP) is 1.41. The Morgan fingerprint density at radius 1 is 1.25 bits per heavy atom. The van der Waals surface area contributed by atoms with Crippen LogP contribution in [0.1, 0.15) is 0 Å². The molecule has 1 aromatic heterocycles. The number of hydrogen-bond donors (Lipinski definition) is 2. The van der Waals surface area contributed by atoms with Crippen molar-refractivity contribution in [2.45, 2.75) is 0 Å². The number of nitrogens with two attached hydrogens (primary N) is 2. The van der Waals surface area contributed by atoms with Gasteiger partial charge >= 0.3 is 0 Å². The molecule has 0 atom stereocenters. The molecule has 4 N–H and O–H groups in total. The van der Waals surface area contributed by atoms with E-state index in [1.54, 1.807) is 6.07 Å². The van der Waals surface area contributed by atoms with Crippen molar-refractivity contribution in [1.82, 2.24) is 9.19 Å². The Bertz CT molecular complexity index is 783. The number of hydrogen-bond acceptors (Lipinski definition) is 7. The van der Waals surface area contributed by atoms with Crippen molar-refractivity contribution in [3.8, 4) is 0 Å². The average molecular weight is 298 g/mol. The standard InChI is InChI=1S/C10H11FN6O2S/c1-20(18,19)17-10(13)8(9(12)16-17)15-14-7-5-3-2-4-6(7)11/h2-5H,13H2,1H3,(H2,12,16). The summed E-state index contributed by atoms with van der Waals surface area (Å²) in [7, 11) is -3.70. The van der Waals surface area contributed by atoms with Crippen LogP contribution in [0.5, 0.6) is 0 Å². The fourth-order valence-corrected chi connectivity index (χ4v) is 2.09. The topological polar surface area (TPSA) is 129 Å². The number of aromatic nitrogens is 2. The molecule has 10 heteroatoms. The van der Waals surface area contributed by atoms with E-state index in [1.807, 2.05) is 0 Å². The van der Waals surface area contributed by atoms with E-state index in [0.717, 1.165) is 6.26 Å². The molecule has 20 heavy (non-hydrogen) atoms. The minimum Gasteiger partial charge on any atom is -0.381 e. The lowest BCUT2D eigenvalue weighted by molar-refractivity contribution is 0.587. The Morgan fingerprint density at radius 3 is 2.45 bits per heavy atom. The summed E-state index contributed by atoms with van der Waals surface area (Å²) in [5.74, 6) is -1.08. The van der Waals surface area contributed by atoms with Crippen LogP contribution >= 0.6 is 0 Å². The van der Waals surface area contributed by atoms with Gasteiger partial charge in [-0.05, 0) is 12.1 Å². The van der Waals surface area contributed by atoms with Gasteiger partial charge in [0.1, 0.15) is 5.69 Å². The van der Waals surface area contributed by atoms with Crippen LogP contribution in [0, 0.1) is 5.82 Å². The molecule has 0 aliphatic carbocycles. The van der Waals surface area contributed by atoms with Crippen molar-refractivity contribution < 1.29 is 12.8 Å². The lowest BCUT2D eigenvalue weighted by Crippen LogP contribution is -2.14. The Balaban J connectivity index is 2.46. The highest BCUT2D eigenvalue weighted by Crippen LogP contribution is 2.31. The number of rotatable bonds is 3. The van der Waals surface area contributed by atoms with Crippen molar-refractivity contribution in [1.29, 1.82) is 0 Å². The molecular weight excluding hydrogens is 287 g/mol. The molecule has 2 aromatic rings. The van der Waals surface area contributed by atoms with Gasteiger partial charge in [-0.25, -0.2) is 12.8 Å². The Morgan fingerprint density at radius 2 is 1.90 bits per heavy atom. The molecule has 106 valence electrons. The van der Waals surface area contributed by atoms with Crippen LogP contribution in [0.2, 0.25) is 0 Å². The van der Waals surface area contributed by atoms with Crippen molar-refractivity contribution in [3.05, 3.63) is 30.1 Å². The largest absolute Gasteiger partial charge is 0.381 e. The van der Waals surface area contributed by atoms with Gasteiger partial charge in [0.25, 0.3) is 10.0 Å². The molecule has 0 spiro atoms. The zero-order valence-electron chi connectivity index (χ0n) is 10.4. The van der Waals surface area contributed by atoms with Gasteiger partial charge in [-0.3, -0.25) is 0 Å². The zero-order chi connectivity index (χ0) is 14.9. The van der Waals surface area contributed by atoms with E-state index in [0.29, 0.717) is 4.09 Å². The smallest absolute Gasteiger partial charge is 0.252 e. The van der Waals surface area contributed by atoms with Crippen molar-refractivity contribution >= 4 is 33.0 Å². The fourth-order valence-electron chi connectivity index (χ4n) is 1.41. The summed E-state index contributed by atoms with van der Waals surface area (Å²) in [6, 6.07) is 5.68. The first-order chi connectivity index (χ1) is 9.30. The summed E-state index contributed by atoms with van der Waals surface area (Å²) in [6.45, 7) is 0. The number of halogens is 1. The van der Waals surface area contributed by atoms with E-state index in [-0.39, 0.29) is 23.0 Å². The van der Waals surface area contributed by atoms with Crippen LogP contribution in [0.3, 0.4) is 0 Å². The normalized spacial score (nSPS) is 12.1. The Kier molecular flexibility index (Phi) is 3.40. The second kappa shape index (κ2) is 4.89. The van der Waals surface area contributed by atoms with Crippen molar-refractivity contribution in [2.75, 3.05) is 17.7 Å². The fraction of sp³-hybridized carbons (Fsp3) is 0.100. The highest BCUT2D eigenvalue weighted by Gasteiger charge is 2.19. The third-order valence-corrected chi connectivity index (χ3v) is 3.22. The molecule has 0 aliphatic heterocycles. The van der Waals surface area contributed by atoms with Gasteiger partial charge < -0.3 is 11.5 Å². The maximum absolute atomic E-state index is 13.4. The zero-order valence-corrected chi connectivity index (χ0v) is 11.2. The molecule has 1 aromatic carbocycles. The van der Waals surface area contributed by atoms with Crippen LogP contribution < -0.4 is 11.5 Å². The maximum Gasteiger partial charge on any atom is 0.252 e. The Labute approximate surface area is 114 Å². The van der Waals surface area contributed by atoms with Crippen LogP contribution in [0.25, 0.3) is 0 Å². The molecule has 0 aliphatic rings. The number of azo groups is 1. The minimum atomic E-state index is -3.70. The summed E-state index contributed by atoms with van der Waals surface area (Å²) in [6.07, 6.45) is 0.910. The lowest BCUT2D eigenvalue weighted by atomic mass is 10.3. The number of nitrogens with zero attached hydrogens (tertiary/aromatic N) is 4. The van der Waals surface area contributed by atoms with Gasteiger partial charge in [0.2, 0.25) is 0 Å². The van der Waals surface area contributed by atoms with Gasteiger partial charge in [0.05, 0.1) is 6.26 Å². The second-order valence-electron chi connectivity index (χ2n) is 3.88. The molecule has 0 saturated carbocycles. The molecule has 1 heterocycles. The van der Waals surface area contributed by atoms with Crippen LogP contribution in [-0.4, -0.2) is 23.9 Å². The first-order valence-electron chi connectivity index (χ1n) is 5.31. The first-order valence-corrected chi connectivity index (χ1v) is 7.16. The summed E-state index contributed by atoms with van der Waals surface area (Å²) >= 11 is 0. The molecule has 2 rings (SSSR count). The summed E-state index contributed by atoms with van der Waals surface area (Å²) in [4.78, 5) is 0. The number of anilines is 2. The van der Waals surface area contributed by atoms with Gasteiger partial charge in [0.15, 0.2) is 23.1 Å². The molecular formula is C10H11FN6O2S. The summed E-state index contributed by atoms with van der Waals surface area (Å²) < 4.78 is 36.7. The quantitative estimate of drug-likeness (QED) is 0.827. The SMILES string of the molecule is CS(=O)(=O)n1nc(N)c(N=Nc2ccccc2F)c1N. The monoisotopic (exact) mass is 298 g/mol. The average Bonchev–Trinajstić information content (AvgIpc) is 2.64. The molecule has 0 saturated heterocycles. The number of benzene rings is 1. The summed E-state index contributed by atoms with van der Waals surface area (Å²) in [5, 5.41) is 10.8. The molecule has 0 unspecified atom stereocenters. The molecule has 0 bridgehead atoms. The molecule has 0 amide bonds. The van der Waals surface area contributed by atoms with E-state index in [4.69, 9.17) is 11.5 Å². The molecule has 8 nitrogen and oxygen atoms in total. The van der Waals surface area contributed by atoms with Gasteiger partial charge in [0, 0.05) is 0 Å².